The van der Waals surface area contributed by atoms with Crippen LogP contribution in [0.15, 0.2) is 48.5 Å². The highest BCUT2D eigenvalue weighted by Crippen LogP contribution is 2.30. The third-order valence-corrected chi connectivity index (χ3v) is 5.80. The molecule has 2 amide bonds. The molecule has 0 spiro atoms. The number of para-hydroxylation sites is 2. The van der Waals surface area contributed by atoms with Crippen LogP contribution in [0.1, 0.15) is 68.3 Å². The molecule has 5 nitrogen and oxygen atoms in total. The number of nitrogens with one attached hydrogen (secondary N) is 1. The zero-order valence-corrected chi connectivity index (χ0v) is 18.2. The molecule has 160 valence electrons. The van der Waals surface area contributed by atoms with E-state index in [1.165, 1.54) is 0 Å². The fraction of sp³-hybridized carbons (Fsp3) is 0.440. The van der Waals surface area contributed by atoms with Gasteiger partial charge in [0.1, 0.15) is 5.75 Å². The smallest absolute Gasteiger partial charge is 0.265 e. The van der Waals surface area contributed by atoms with Crippen molar-refractivity contribution in [2.24, 2.45) is 0 Å². The molecule has 0 aromatic heterocycles. The number of hydrogen-bond acceptors (Lipinski definition) is 3. The molecule has 2 aromatic carbocycles. The second-order valence-electron chi connectivity index (χ2n) is 7.90. The number of hydrogen-bond donors (Lipinski definition) is 1. The van der Waals surface area contributed by atoms with Gasteiger partial charge in [0, 0.05) is 13.1 Å². The van der Waals surface area contributed by atoms with Crippen molar-refractivity contribution in [1.29, 1.82) is 0 Å². The predicted octanol–water partition coefficient (Wildman–Crippen LogP) is 5.23. The summed E-state index contributed by atoms with van der Waals surface area (Å²) in [5, 5.41) is 2.94. The Hall–Kier alpha value is -2.82. The Bertz CT molecular complexity index is 874. The van der Waals surface area contributed by atoms with Crippen molar-refractivity contribution < 1.29 is 14.3 Å². The summed E-state index contributed by atoms with van der Waals surface area (Å²) in [6.07, 6.45) is 2.95. The summed E-state index contributed by atoms with van der Waals surface area (Å²) in [7, 11) is 0. The molecular weight excluding hydrogens is 376 g/mol. The van der Waals surface area contributed by atoms with E-state index in [4.69, 9.17) is 4.74 Å². The van der Waals surface area contributed by atoms with Gasteiger partial charge < -0.3 is 15.0 Å². The number of likely N-dealkylation sites (tertiary alicyclic amines) is 1. The van der Waals surface area contributed by atoms with Crippen LogP contribution in [0.2, 0.25) is 0 Å². The van der Waals surface area contributed by atoms with E-state index in [-0.39, 0.29) is 11.8 Å². The zero-order valence-electron chi connectivity index (χ0n) is 18.2. The van der Waals surface area contributed by atoms with Gasteiger partial charge in [-0.05, 0) is 55.4 Å². The average Bonchev–Trinajstić information content (AvgIpc) is 3.32. The van der Waals surface area contributed by atoms with Gasteiger partial charge >= 0.3 is 0 Å². The van der Waals surface area contributed by atoms with Gasteiger partial charge in [-0.1, -0.05) is 51.1 Å². The standard InChI is InChI=1S/C25H32N2O3/c1-4-18(3)19-12-7-9-15-23(19)30-22(5-2)24(28)26-21-14-8-6-13-20(21)25(29)27-16-10-11-17-27/h6-9,12-15,18,22H,4-5,10-11,16-17H2,1-3H3,(H,26,28). The van der Waals surface area contributed by atoms with E-state index in [9.17, 15) is 9.59 Å². The van der Waals surface area contributed by atoms with Crippen molar-refractivity contribution in [3.05, 3.63) is 59.7 Å². The van der Waals surface area contributed by atoms with Crippen LogP contribution in [0, 0.1) is 0 Å². The summed E-state index contributed by atoms with van der Waals surface area (Å²) in [5.74, 6) is 0.827. The van der Waals surface area contributed by atoms with Crippen molar-refractivity contribution >= 4 is 17.5 Å². The summed E-state index contributed by atoms with van der Waals surface area (Å²) in [6, 6.07) is 15.1. The molecule has 2 atom stereocenters. The van der Waals surface area contributed by atoms with Crippen molar-refractivity contribution in [2.45, 2.75) is 58.5 Å². The zero-order chi connectivity index (χ0) is 21.5. The van der Waals surface area contributed by atoms with Gasteiger partial charge in [-0.15, -0.1) is 0 Å². The Morgan fingerprint density at radius 1 is 1.00 bits per heavy atom. The van der Waals surface area contributed by atoms with Crippen molar-refractivity contribution in [1.82, 2.24) is 4.90 Å². The monoisotopic (exact) mass is 408 g/mol. The maximum Gasteiger partial charge on any atom is 0.265 e. The third-order valence-electron chi connectivity index (χ3n) is 5.80. The predicted molar refractivity (Wildman–Crippen MR) is 120 cm³/mol. The fourth-order valence-corrected chi connectivity index (χ4v) is 3.77. The highest BCUT2D eigenvalue weighted by atomic mass is 16.5. The van der Waals surface area contributed by atoms with Crippen LogP contribution in [0.4, 0.5) is 5.69 Å². The summed E-state index contributed by atoms with van der Waals surface area (Å²) in [6.45, 7) is 7.77. The van der Waals surface area contributed by atoms with E-state index < -0.39 is 6.10 Å². The molecule has 3 rings (SSSR count). The molecule has 2 unspecified atom stereocenters. The molecule has 1 N–H and O–H groups in total. The maximum atomic E-state index is 13.0. The quantitative estimate of drug-likeness (QED) is 0.650. The van der Waals surface area contributed by atoms with Gasteiger partial charge in [0.25, 0.3) is 11.8 Å². The van der Waals surface area contributed by atoms with Crippen LogP contribution in [0.25, 0.3) is 0 Å². The molecule has 2 aromatic rings. The number of anilines is 1. The van der Waals surface area contributed by atoms with Gasteiger partial charge in [0.2, 0.25) is 0 Å². The Morgan fingerprint density at radius 2 is 1.67 bits per heavy atom. The van der Waals surface area contributed by atoms with E-state index in [0.29, 0.717) is 23.6 Å². The lowest BCUT2D eigenvalue weighted by Gasteiger charge is -2.22. The first-order valence-electron chi connectivity index (χ1n) is 11.0. The van der Waals surface area contributed by atoms with Gasteiger partial charge in [-0.2, -0.15) is 0 Å². The molecule has 0 aliphatic carbocycles. The van der Waals surface area contributed by atoms with Crippen LogP contribution in [-0.2, 0) is 4.79 Å². The lowest BCUT2D eigenvalue weighted by atomic mass is 9.98. The molecule has 1 heterocycles. The topological polar surface area (TPSA) is 58.6 Å². The first-order valence-corrected chi connectivity index (χ1v) is 11.0. The number of benzene rings is 2. The van der Waals surface area contributed by atoms with Crippen molar-refractivity contribution in [2.75, 3.05) is 18.4 Å². The normalized spacial score (nSPS) is 15.5. The highest BCUT2D eigenvalue weighted by molar-refractivity contribution is 6.04. The van der Waals surface area contributed by atoms with E-state index in [0.717, 1.165) is 43.7 Å². The average molecular weight is 409 g/mol. The highest BCUT2D eigenvalue weighted by Gasteiger charge is 2.25. The van der Waals surface area contributed by atoms with Crippen LogP contribution in [-0.4, -0.2) is 35.9 Å². The van der Waals surface area contributed by atoms with E-state index >= 15 is 0 Å². The second-order valence-corrected chi connectivity index (χ2v) is 7.90. The van der Waals surface area contributed by atoms with E-state index in [2.05, 4.69) is 25.2 Å². The lowest BCUT2D eigenvalue weighted by Crippen LogP contribution is -2.34. The number of amides is 2. The van der Waals surface area contributed by atoms with Gasteiger partial charge in [0.15, 0.2) is 6.10 Å². The van der Waals surface area contributed by atoms with Crippen LogP contribution in [0.3, 0.4) is 0 Å². The summed E-state index contributed by atoms with van der Waals surface area (Å²) >= 11 is 0. The number of nitrogens with zero attached hydrogens (tertiary/aromatic N) is 1. The maximum absolute atomic E-state index is 13.0. The molecule has 1 aliphatic heterocycles. The van der Waals surface area contributed by atoms with E-state index in [1.807, 2.05) is 42.2 Å². The van der Waals surface area contributed by atoms with Crippen LogP contribution >= 0.6 is 0 Å². The summed E-state index contributed by atoms with van der Waals surface area (Å²) < 4.78 is 6.14. The molecule has 5 heteroatoms. The van der Waals surface area contributed by atoms with Gasteiger partial charge in [-0.3, -0.25) is 9.59 Å². The molecule has 1 fully saturated rings. The Kier molecular flexibility index (Phi) is 7.50. The third kappa shape index (κ3) is 5.02. The number of carbonyl (C=O) groups is 2. The van der Waals surface area contributed by atoms with Crippen LogP contribution in [0.5, 0.6) is 5.75 Å². The van der Waals surface area contributed by atoms with E-state index in [1.54, 1.807) is 12.1 Å². The molecule has 0 bridgehead atoms. The van der Waals surface area contributed by atoms with Gasteiger partial charge in [-0.25, -0.2) is 0 Å². The molecular formula is C25H32N2O3. The Balaban J connectivity index is 1.76. The fourth-order valence-electron chi connectivity index (χ4n) is 3.77. The minimum atomic E-state index is -0.634. The SMILES string of the molecule is CCC(Oc1ccccc1C(C)CC)C(=O)Nc1ccccc1C(=O)N1CCCC1. The minimum absolute atomic E-state index is 0.0283. The first-order chi connectivity index (χ1) is 14.5. The van der Waals surface area contributed by atoms with Crippen LogP contribution < -0.4 is 10.1 Å². The summed E-state index contributed by atoms with van der Waals surface area (Å²) in [4.78, 5) is 27.8. The molecule has 0 saturated carbocycles. The minimum Gasteiger partial charge on any atom is -0.480 e. The number of rotatable bonds is 8. The Labute approximate surface area is 179 Å². The summed E-state index contributed by atoms with van der Waals surface area (Å²) in [5.41, 5.74) is 2.18. The molecule has 1 saturated heterocycles. The second kappa shape index (κ2) is 10.3. The Morgan fingerprint density at radius 3 is 2.37 bits per heavy atom. The lowest BCUT2D eigenvalue weighted by molar-refractivity contribution is -0.122. The van der Waals surface area contributed by atoms with Crippen molar-refractivity contribution in [3.8, 4) is 5.75 Å². The largest absolute Gasteiger partial charge is 0.480 e. The molecule has 1 aliphatic rings. The van der Waals surface area contributed by atoms with Gasteiger partial charge in [0.05, 0.1) is 11.3 Å². The van der Waals surface area contributed by atoms with Crippen molar-refractivity contribution in [3.63, 3.8) is 0 Å². The number of carbonyl (C=O) groups excluding carboxylic acids is 2. The number of ether oxygens (including phenoxy) is 1. The molecule has 30 heavy (non-hydrogen) atoms. The first kappa shape index (κ1) is 21.9. The molecule has 0 radical (unpaired) electrons.